The number of hydrogen-bond donors (Lipinski definition) is 0. The van der Waals surface area contributed by atoms with E-state index in [1.165, 1.54) is 111 Å². The van der Waals surface area contributed by atoms with Gasteiger partial charge in [0.2, 0.25) is 0 Å². The first-order chi connectivity index (χ1) is 29.1. The zero-order valence-electron chi connectivity index (χ0n) is 33.0. The molecule has 9 aromatic rings. The van der Waals surface area contributed by atoms with E-state index < -0.39 is 0 Å². The molecule has 0 saturated carbocycles. The van der Waals surface area contributed by atoms with E-state index in [1.807, 2.05) is 0 Å². The van der Waals surface area contributed by atoms with Gasteiger partial charge in [0, 0.05) is 28.0 Å². The molecule has 9 aromatic carbocycles. The van der Waals surface area contributed by atoms with Crippen LogP contribution in [0.15, 0.2) is 194 Å². The summed E-state index contributed by atoms with van der Waals surface area (Å²) < 4.78 is 0. The Hall–Kier alpha value is -7.16. The highest BCUT2D eigenvalue weighted by Gasteiger charge is 2.48. The highest BCUT2D eigenvalue weighted by molar-refractivity contribution is 6.26. The van der Waals surface area contributed by atoms with Crippen LogP contribution in [0, 0.1) is 5.92 Å². The summed E-state index contributed by atoms with van der Waals surface area (Å²) in [6.45, 7) is 4.83. The van der Waals surface area contributed by atoms with Crippen molar-refractivity contribution in [1.29, 1.82) is 0 Å². The van der Waals surface area contributed by atoms with E-state index in [9.17, 15) is 0 Å². The van der Waals surface area contributed by atoms with Crippen LogP contribution in [0.1, 0.15) is 36.1 Å². The summed E-state index contributed by atoms with van der Waals surface area (Å²) in [4.78, 5) is 5.12. The summed E-state index contributed by atoms with van der Waals surface area (Å²) in [5.74, 6) is 0.369. The third-order valence-electron chi connectivity index (χ3n) is 14.0. The normalized spacial score (nSPS) is 19.4. The van der Waals surface area contributed by atoms with Gasteiger partial charge in [0.05, 0.1) is 17.4 Å². The van der Waals surface area contributed by atoms with Crippen molar-refractivity contribution < 1.29 is 0 Å². The van der Waals surface area contributed by atoms with E-state index in [0.29, 0.717) is 5.92 Å². The van der Waals surface area contributed by atoms with Crippen molar-refractivity contribution in [3.8, 4) is 22.3 Å². The number of fused-ring (bicyclic) bond motifs is 14. The lowest BCUT2D eigenvalue weighted by Crippen LogP contribution is -2.33. The lowest BCUT2D eigenvalue weighted by atomic mass is 9.70. The van der Waals surface area contributed by atoms with Gasteiger partial charge in [-0.25, -0.2) is 0 Å². The summed E-state index contributed by atoms with van der Waals surface area (Å²) in [6, 6.07) is 66.4. The molecule has 2 aliphatic carbocycles. The van der Waals surface area contributed by atoms with Gasteiger partial charge < -0.3 is 9.80 Å². The van der Waals surface area contributed by atoms with Crippen LogP contribution in [0.2, 0.25) is 0 Å². The molecule has 59 heavy (non-hydrogen) atoms. The predicted molar refractivity (Wildman–Crippen MR) is 249 cm³/mol. The average Bonchev–Trinajstić information content (AvgIpc) is 3.78. The van der Waals surface area contributed by atoms with Crippen molar-refractivity contribution in [3.63, 3.8) is 0 Å². The van der Waals surface area contributed by atoms with Gasteiger partial charge in [-0.3, -0.25) is 0 Å². The smallest absolute Gasteiger partial charge is 0.0658 e. The van der Waals surface area contributed by atoms with Gasteiger partial charge in [0.15, 0.2) is 0 Å². The summed E-state index contributed by atoms with van der Waals surface area (Å²) in [6.07, 6.45) is 6.98. The van der Waals surface area contributed by atoms with E-state index in [4.69, 9.17) is 0 Å². The molecular formula is C57H40N2. The van der Waals surface area contributed by atoms with Crippen molar-refractivity contribution >= 4 is 66.3 Å². The van der Waals surface area contributed by atoms with Crippen molar-refractivity contribution in [2.75, 3.05) is 9.80 Å². The quantitative estimate of drug-likeness (QED) is 0.166. The number of allylic oxidation sites excluding steroid dienone is 2. The molecule has 278 valence electrons. The van der Waals surface area contributed by atoms with Crippen LogP contribution in [0.25, 0.3) is 60.1 Å². The molecule has 3 atom stereocenters. The third-order valence-corrected chi connectivity index (χ3v) is 14.0. The number of para-hydroxylation sites is 1. The lowest BCUT2D eigenvalue weighted by molar-refractivity contribution is 0.637. The van der Waals surface area contributed by atoms with E-state index in [2.05, 4.69) is 218 Å². The van der Waals surface area contributed by atoms with Gasteiger partial charge >= 0.3 is 0 Å². The summed E-state index contributed by atoms with van der Waals surface area (Å²) >= 11 is 0. The molecule has 4 aliphatic rings. The zero-order chi connectivity index (χ0) is 39.0. The number of nitrogens with zero attached hydrogens (tertiary/aromatic N) is 2. The summed E-state index contributed by atoms with van der Waals surface area (Å²) in [5.41, 5.74) is 17.8. The van der Waals surface area contributed by atoms with Gasteiger partial charge in [0.1, 0.15) is 0 Å². The van der Waals surface area contributed by atoms with E-state index in [0.717, 1.165) is 0 Å². The minimum atomic E-state index is -0.345. The van der Waals surface area contributed by atoms with E-state index in [-0.39, 0.29) is 11.5 Å². The van der Waals surface area contributed by atoms with Gasteiger partial charge in [-0.05, 0) is 138 Å². The van der Waals surface area contributed by atoms with Crippen molar-refractivity contribution in [2.24, 2.45) is 5.92 Å². The van der Waals surface area contributed by atoms with E-state index >= 15 is 0 Å². The maximum atomic E-state index is 2.57. The van der Waals surface area contributed by atoms with Crippen LogP contribution in [0.4, 0.5) is 28.4 Å². The molecule has 2 heteroatoms. The molecular weight excluding hydrogens is 713 g/mol. The van der Waals surface area contributed by atoms with Crippen molar-refractivity contribution in [3.05, 3.63) is 216 Å². The largest absolute Gasteiger partial charge is 0.333 e. The number of benzene rings is 9. The van der Waals surface area contributed by atoms with Crippen molar-refractivity contribution in [2.45, 2.75) is 25.3 Å². The molecule has 0 bridgehead atoms. The third kappa shape index (κ3) is 4.30. The SMILES string of the molecule is CC1C=CC=C2c3c(-c4ccc5c(c4)C4(C)c6ccccc6-c6cccc(c64)N5c4ccc5c6ccccc6c6ccccc6c5c4)cccc3N(c3ccccc3)C21. The minimum absolute atomic E-state index is 0.237. The second kappa shape index (κ2) is 11.9. The second-order valence-corrected chi connectivity index (χ2v) is 17.0. The second-order valence-electron chi connectivity index (χ2n) is 17.0. The van der Waals surface area contributed by atoms with Crippen LogP contribution in [-0.4, -0.2) is 6.04 Å². The molecule has 0 radical (unpaired) electrons. The first kappa shape index (κ1) is 32.9. The summed E-state index contributed by atoms with van der Waals surface area (Å²) in [7, 11) is 0. The van der Waals surface area contributed by atoms with Crippen LogP contribution in [-0.2, 0) is 5.41 Å². The molecule has 3 unspecified atom stereocenters. The molecule has 0 amide bonds. The van der Waals surface area contributed by atoms with Crippen LogP contribution in [0.3, 0.4) is 0 Å². The Kier molecular flexibility index (Phi) is 6.65. The Morgan fingerprint density at radius 1 is 0.475 bits per heavy atom. The molecule has 0 spiro atoms. The fourth-order valence-electron chi connectivity index (χ4n) is 11.5. The van der Waals surface area contributed by atoms with Crippen LogP contribution < -0.4 is 9.80 Å². The highest BCUT2D eigenvalue weighted by atomic mass is 15.2. The molecule has 0 saturated heterocycles. The first-order valence-electron chi connectivity index (χ1n) is 21.0. The Balaban J connectivity index is 1.07. The Labute approximate surface area is 344 Å². The maximum Gasteiger partial charge on any atom is 0.0658 e. The number of hydrogen-bond acceptors (Lipinski definition) is 2. The lowest BCUT2D eigenvalue weighted by Gasteiger charge is -2.42. The zero-order valence-corrected chi connectivity index (χ0v) is 33.0. The molecule has 2 aliphatic heterocycles. The Morgan fingerprint density at radius 2 is 1.12 bits per heavy atom. The minimum Gasteiger partial charge on any atom is -0.333 e. The molecule has 0 fully saturated rings. The predicted octanol–water partition coefficient (Wildman–Crippen LogP) is 15.0. The van der Waals surface area contributed by atoms with Gasteiger partial charge in [-0.1, -0.05) is 153 Å². The van der Waals surface area contributed by atoms with Crippen LogP contribution >= 0.6 is 0 Å². The molecule has 2 nitrogen and oxygen atoms in total. The maximum absolute atomic E-state index is 2.57. The topological polar surface area (TPSA) is 6.48 Å². The Bertz CT molecular complexity index is 3300. The summed E-state index contributed by atoms with van der Waals surface area (Å²) in [5, 5.41) is 7.73. The van der Waals surface area contributed by atoms with Crippen molar-refractivity contribution in [1.82, 2.24) is 0 Å². The molecule has 2 heterocycles. The standard InChI is InChI=1S/C57H40N2/c1-35-15-12-25-47-54-39(23-13-27-52(54)59(56(35)47)37-16-4-3-5-17-37)36-29-32-51-50(33-36)57(2)49-26-11-10-22-45(49)46-24-14-28-53(55(46)57)58(51)38-30-31-44-42-20-7-6-18-40(42)41-19-8-9-21-43(41)48(44)34-38/h3-35,56H,1-2H3. The molecule has 13 rings (SSSR count). The van der Waals surface area contributed by atoms with Crippen LogP contribution in [0.5, 0.6) is 0 Å². The Morgan fingerprint density at radius 3 is 1.90 bits per heavy atom. The fraction of sp³-hybridized carbons (Fsp3) is 0.0877. The average molecular weight is 753 g/mol. The highest BCUT2D eigenvalue weighted by Crippen LogP contribution is 2.63. The molecule has 0 aromatic heterocycles. The molecule has 0 N–H and O–H groups in total. The first-order valence-corrected chi connectivity index (χ1v) is 21.0. The monoisotopic (exact) mass is 752 g/mol. The van der Waals surface area contributed by atoms with E-state index in [1.54, 1.807) is 0 Å². The number of rotatable bonds is 3. The fourth-order valence-corrected chi connectivity index (χ4v) is 11.5. The van der Waals surface area contributed by atoms with Gasteiger partial charge in [-0.15, -0.1) is 0 Å². The van der Waals surface area contributed by atoms with Gasteiger partial charge in [0.25, 0.3) is 0 Å². The van der Waals surface area contributed by atoms with Gasteiger partial charge in [-0.2, -0.15) is 0 Å². The number of anilines is 5.